The molecule has 0 amide bonds. The molecule has 1 atom stereocenters. The van der Waals surface area contributed by atoms with Crippen molar-refractivity contribution >= 4 is 5.82 Å². The van der Waals surface area contributed by atoms with Crippen LogP contribution in [0.25, 0.3) is 0 Å². The quantitative estimate of drug-likeness (QED) is 0.861. The lowest BCUT2D eigenvalue weighted by Gasteiger charge is -2.12. The van der Waals surface area contributed by atoms with Crippen LogP contribution in [0.5, 0.6) is 0 Å². The van der Waals surface area contributed by atoms with Gasteiger partial charge in [0, 0.05) is 25.0 Å². The first-order valence-corrected chi connectivity index (χ1v) is 5.02. The Balaban J connectivity index is 2.13. The Morgan fingerprint density at radius 2 is 2.31 bits per heavy atom. The van der Waals surface area contributed by atoms with E-state index in [0.29, 0.717) is 0 Å². The van der Waals surface area contributed by atoms with Gasteiger partial charge >= 0.3 is 0 Å². The summed E-state index contributed by atoms with van der Waals surface area (Å²) in [7, 11) is 1.84. The monoisotopic (exact) mass is 220 g/mol. The summed E-state index contributed by atoms with van der Waals surface area (Å²) < 4.78 is 15.0. The van der Waals surface area contributed by atoms with E-state index >= 15 is 0 Å². The lowest BCUT2D eigenvalue weighted by molar-refractivity contribution is 0.621. The molecule has 0 saturated carbocycles. The largest absolute Gasteiger partial charge is 0.361 e. The third-order valence-corrected chi connectivity index (χ3v) is 2.34. The van der Waals surface area contributed by atoms with Crippen LogP contribution in [0.15, 0.2) is 30.7 Å². The Labute approximate surface area is 93.1 Å². The number of nitrogens with zero attached hydrogens (tertiary/aromatic N) is 3. The molecule has 2 rings (SSSR count). The van der Waals surface area contributed by atoms with Crippen molar-refractivity contribution in [1.29, 1.82) is 0 Å². The summed E-state index contributed by atoms with van der Waals surface area (Å²) in [5.41, 5.74) is 0.993. The molecule has 2 heterocycles. The van der Waals surface area contributed by atoms with E-state index in [9.17, 15) is 4.39 Å². The first kappa shape index (κ1) is 10.6. The van der Waals surface area contributed by atoms with Crippen molar-refractivity contribution in [1.82, 2.24) is 14.8 Å². The minimum Gasteiger partial charge on any atom is -0.361 e. The molecule has 0 radical (unpaired) electrons. The Morgan fingerprint density at radius 1 is 1.50 bits per heavy atom. The molecule has 2 aromatic rings. The van der Waals surface area contributed by atoms with Gasteiger partial charge in [-0.2, -0.15) is 5.10 Å². The number of rotatable bonds is 3. The highest BCUT2D eigenvalue weighted by Gasteiger charge is 2.10. The minimum atomic E-state index is -0.349. The van der Waals surface area contributed by atoms with Gasteiger partial charge < -0.3 is 5.32 Å². The second kappa shape index (κ2) is 4.30. The zero-order chi connectivity index (χ0) is 11.5. The van der Waals surface area contributed by atoms with Gasteiger partial charge in [-0.25, -0.2) is 9.37 Å². The molecule has 4 nitrogen and oxygen atoms in total. The zero-order valence-corrected chi connectivity index (χ0v) is 9.18. The van der Waals surface area contributed by atoms with Crippen LogP contribution in [0.4, 0.5) is 10.2 Å². The molecular formula is C11H13FN4. The fraction of sp³-hybridized carbons (Fsp3) is 0.273. The normalized spacial score (nSPS) is 12.4. The SMILES string of the molecule is C[C@@H](Nc1ncccc1F)c1cnn(C)c1. The van der Waals surface area contributed by atoms with Gasteiger partial charge in [0.25, 0.3) is 0 Å². The molecule has 0 aliphatic heterocycles. The van der Waals surface area contributed by atoms with E-state index in [-0.39, 0.29) is 17.7 Å². The van der Waals surface area contributed by atoms with Crippen LogP contribution in [-0.4, -0.2) is 14.8 Å². The van der Waals surface area contributed by atoms with E-state index in [1.165, 1.54) is 6.07 Å². The van der Waals surface area contributed by atoms with Crippen LogP contribution < -0.4 is 5.32 Å². The van der Waals surface area contributed by atoms with Crippen molar-refractivity contribution in [3.63, 3.8) is 0 Å². The molecule has 0 saturated heterocycles. The maximum atomic E-state index is 13.3. The maximum Gasteiger partial charge on any atom is 0.165 e. The number of aromatic nitrogens is 3. The molecule has 1 N–H and O–H groups in total. The zero-order valence-electron chi connectivity index (χ0n) is 9.18. The van der Waals surface area contributed by atoms with Gasteiger partial charge in [0.15, 0.2) is 11.6 Å². The average molecular weight is 220 g/mol. The number of hydrogen-bond acceptors (Lipinski definition) is 3. The Morgan fingerprint density at radius 3 is 2.94 bits per heavy atom. The minimum absolute atomic E-state index is 0.0295. The molecule has 0 unspecified atom stereocenters. The summed E-state index contributed by atoms with van der Waals surface area (Å²) >= 11 is 0. The lowest BCUT2D eigenvalue weighted by atomic mass is 10.2. The number of halogens is 1. The van der Waals surface area contributed by atoms with E-state index in [4.69, 9.17) is 0 Å². The molecular weight excluding hydrogens is 207 g/mol. The van der Waals surface area contributed by atoms with Crippen molar-refractivity contribution in [3.8, 4) is 0 Å². The van der Waals surface area contributed by atoms with Gasteiger partial charge in [-0.15, -0.1) is 0 Å². The second-order valence-electron chi connectivity index (χ2n) is 3.65. The number of nitrogens with one attached hydrogen (secondary N) is 1. The molecule has 84 valence electrons. The van der Waals surface area contributed by atoms with Crippen LogP contribution in [-0.2, 0) is 7.05 Å². The summed E-state index contributed by atoms with van der Waals surface area (Å²) in [6.45, 7) is 1.94. The summed E-state index contributed by atoms with van der Waals surface area (Å²) in [6.07, 6.45) is 5.19. The van der Waals surface area contributed by atoms with Gasteiger partial charge in [0.2, 0.25) is 0 Å². The van der Waals surface area contributed by atoms with Crippen LogP contribution in [0.2, 0.25) is 0 Å². The standard InChI is InChI=1S/C11H13FN4/c1-8(9-6-14-16(2)7-9)15-11-10(12)4-3-5-13-11/h3-8H,1-2H3,(H,13,15)/t8-/m1/s1. The topological polar surface area (TPSA) is 42.7 Å². The van der Waals surface area contributed by atoms with Gasteiger partial charge in [-0.05, 0) is 19.1 Å². The number of pyridine rings is 1. The fourth-order valence-corrected chi connectivity index (χ4v) is 1.44. The van der Waals surface area contributed by atoms with Gasteiger partial charge in [0.05, 0.1) is 12.2 Å². The van der Waals surface area contributed by atoms with Crippen LogP contribution in [0.3, 0.4) is 0 Å². The second-order valence-corrected chi connectivity index (χ2v) is 3.65. The van der Waals surface area contributed by atoms with E-state index < -0.39 is 0 Å². The fourth-order valence-electron chi connectivity index (χ4n) is 1.44. The summed E-state index contributed by atoms with van der Waals surface area (Å²) in [5.74, 6) is -0.0860. The molecule has 0 aliphatic rings. The average Bonchev–Trinajstić information content (AvgIpc) is 2.68. The highest BCUT2D eigenvalue weighted by atomic mass is 19.1. The molecule has 0 fully saturated rings. The Hall–Kier alpha value is -1.91. The van der Waals surface area contributed by atoms with Crippen molar-refractivity contribution in [3.05, 3.63) is 42.1 Å². The van der Waals surface area contributed by atoms with E-state index in [0.717, 1.165) is 5.56 Å². The Bertz CT molecular complexity index is 480. The van der Waals surface area contributed by atoms with Gasteiger partial charge in [-0.1, -0.05) is 0 Å². The smallest absolute Gasteiger partial charge is 0.165 e. The Kier molecular flexibility index (Phi) is 2.85. The first-order chi connectivity index (χ1) is 7.66. The molecule has 0 bridgehead atoms. The summed E-state index contributed by atoms with van der Waals surface area (Å²) in [5, 5.41) is 7.06. The number of aryl methyl sites for hydroxylation is 1. The predicted octanol–water partition coefficient (Wildman–Crippen LogP) is 2.13. The summed E-state index contributed by atoms with van der Waals surface area (Å²) in [6, 6.07) is 2.92. The van der Waals surface area contributed by atoms with E-state index in [1.54, 1.807) is 23.1 Å². The third kappa shape index (κ3) is 2.18. The van der Waals surface area contributed by atoms with Crippen LogP contribution >= 0.6 is 0 Å². The predicted molar refractivity (Wildman–Crippen MR) is 59.4 cm³/mol. The van der Waals surface area contributed by atoms with Gasteiger partial charge in [0.1, 0.15) is 0 Å². The summed E-state index contributed by atoms with van der Waals surface area (Å²) in [4.78, 5) is 3.94. The van der Waals surface area contributed by atoms with Gasteiger partial charge in [-0.3, -0.25) is 4.68 Å². The molecule has 0 aromatic carbocycles. The molecule has 0 spiro atoms. The number of anilines is 1. The van der Waals surface area contributed by atoms with Crippen molar-refractivity contribution in [2.24, 2.45) is 7.05 Å². The van der Waals surface area contributed by atoms with Crippen molar-refractivity contribution < 1.29 is 4.39 Å². The van der Waals surface area contributed by atoms with Crippen molar-refractivity contribution in [2.75, 3.05) is 5.32 Å². The third-order valence-electron chi connectivity index (χ3n) is 2.34. The molecule has 2 aromatic heterocycles. The van der Waals surface area contributed by atoms with E-state index in [1.807, 2.05) is 20.2 Å². The molecule has 0 aliphatic carbocycles. The van der Waals surface area contributed by atoms with Crippen molar-refractivity contribution in [2.45, 2.75) is 13.0 Å². The highest BCUT2D eigenvalue weighted by Crippen LogP contribution is 2.18. The van der Waals surface area contributed by atoms with Crippen LogP contribution in [0.1, 0.15) is 18.5 Å². The maximum absolute atomic E-state index is 13.3. The number of hydrogen-bond donors (Lipinski definition) is 1. The molecule has 16 heavy (non-hydrogen) atoms. The highest BCUT2D eigenvalue weighted by molar-refractivity contribution is 5.38. The first-order valence-electron chi connectivity index (χ1n) is 5.02. The molecule has 5 heteroatoms. The van der Waals surface area contributed by atoms with Crippen LogP contribution in [0, 0.1) is 5.82 Å². The lowest BCUT2D eigenvalue weighted by Crippen LogP contribution is -2.08. The van der Waals surface area contributed by atoms with E-state index in [2.05, 4.69) is 15.4 Å².